The highest BCUT2D eigenvalue weighted by molar-refractivity contribution is 6.06. The lowest BCUT2D eigenvalue weighted by atomic mass is 10.1. The summed E-state index contributed by atoms with van der Waals surface area (Å²) in [4.78, 5) is 25.3. The molecule has 0 aromatic heterocycles. The van der Waals surface area contributed by atoms with Gasteiger partial charge in [-0.05, 0) is 18.2 Å². The number of phenols is 1. The maximum atomic E-state index is 11.1. The first kappa shape index (κ1) is 12.7. The van der Waals surface area contributed by atoms with Gasteiger partial charge in [0.2, 0.25) is 5.91 Å². The predicted molar refractivity (Wildman–Crippen MR) is 61.1 cm³/mol. The van der Waals surface area contributed by atoms with Crippen LogP contribution in [0.1, 0.15) is 29.3 Å². The molecule has 6 nitrogen and oxygen atoms in total. The molecule has 1 aromatic rings. The van der Waals surface area contributed by atoms with Gasteiger partial charge in [-0.3, -0.25) is 4.79 Å². The Morgan fingerprint density at radius 1 is 1.41 bits per heavy atom. The summed E-state index contributed by atoms with van der Waals surface area (Å²) in [7, 11) is 0. The summed E-state index contributed by atoms with van der Waals surface area (Å²) in [6, 6.07) is 3.59. The molecule has 0 fully saturated rings. The Morgan fingerprint density at radius 2 is 2.06 bits per heavy atom. The van der Waals surface area contributed by atoms with Crippen molar-refractivity contribution in [2.75, 3.05) is 0 Å². The summed E-state index contributed by atoms with van der Waals surface area (Å²) in [5.41, 5.74) is 5.51. The molecule has 17 heavy (non-hydrogen) atoms. The Balaban J connectivity index is 3.21. The fourth-order valence-corrected chi connectivity index (χ4v) is 1.15. The number of carbonyl (C=O) groups excluding carboxylic acids is 1. The van der Waals surface area contributed by atoms with Crippen molar-refractivity contribution in [3.63, 3.8) is 0 Å². The molecule has 1 amide bonds. The summed E-state index contributed by atoms with van der Waals surface area (Å²) < 4.78 is 0. The van der Waals surface area contributed by atoms with Crippen LogP contribution in [-0.4, -0.2) is 27.9 Å². The fraction of sp³-hybridized carbons (Fsp3) is 0.182. The molecule has 0 unspecified atom stereocenters. The topological polar surface area (TPSA) is 113 Å². The number of aliphatic imine (C=N–C) groups is 1. The normalized spacial score (nSPS) is 11.2. The molecular formula is C11H12N2O4. The van der Waals surface area contributed by atoms with E-state index in [-0.39, 0.29) is 29.1 Å². The molecule has 6 heteroatoms. The van der Waals surface area contributed by atoms with Crippen LogP contribution in [0.2, 0.25) is 0 Å². The summed E-state index contributed by atoms with van der Waals surface area (Å²) >= 11 is 0. The number of amides is 1. The number of nitrogens with two attached hydrogens (primary N) is 1. The highest BCUT2D eigenvalue weighted by atomic mass is 16.4. The Hall–Kier alpha value is -2.37. The number of nitrogens with zero attached hydrogens (tertiary/aromatic N) is 1. The minimum Gasteiger partial charge on any atom is -0.507 e. The third kappa shape index (κ3) is 3.04. The highest BCUT2D eigenvalue weighted by Gasteiger charge is 2.11. The minimum atomic E-state index is -1.15. The molecule has 0 aliphatic heterocycles. The van der Waals surface area contributed by atoms with Gasteiger partial charge in [-0.25, -0.2) is 4.79 Å². The number of rotatable bonds is 3. The van der Waals surface area contributed by atoms with E-state index in [1.807, 2.05) is 0 Å². The zero-order valence-electron chi connectivity index (χ0n) is 9.17. The summed E-state index contributed by atoms with van der Waals surface area (Å²) in [6.45, 7) is 1.62. The Kier molecular flexibility index (Phi) is 3.82. The maximum Gasteiger partial charge on any atom is 0.335 e. The van der Waals surface area contributed by atoms with Gasteiger partial charge in [0, 0.05) is 6.42 Å². The molecule has 0 atom stereocenters. The summed E-state index contributed by atoms with van der Waals surface area (Å²) in [5.74, 6) is -2.01. The van der Waals surface area contributed by atoms with E-state index in [9.17, 15) is 14.7 Å². The molecule has 1 aromatic carbocycles. The van der Waals surface area contributed by atoms with Crippen molar-refractivity contribution in [3.05, 3.63) is 29.3 Å². The Morgan fingerprint density at radius 3 is 2.59 bits per heavy atom. The van der Waals surface area contributed by atoms with Gasteiger partial charge in [-0.1, -0.05) is 6.92 Å². The molecular weight excluding hydrogens is 224 g/mol. The van der Waals surface area contributed by atoms with E-state index >= 15 is 0 Å². The lowest BCUT2D eigenvalue weighted by Crippen LogP contribution is -2.16. The molecule has 0 aliphatic carbocycles. The Labute approximate surface area is 97.4 Å². The van der Waals surface area contributed by atoms with Crippen LogP contribution < -0.4 is 5.73 Å². The van der Waals surface area contributed by atoms with Crippen molar-refractivity contribution in [2.24, 2.45) is 10.7 Å². The Bertz CT molecular complexity index is 494. The molecule has 0 saturated carbocycles. The van der Waals surface area contributed by atoms with E-state index in [1.165, 1.54) is 18.2 Å². The van der Waals surface area contributed by atoms with Crippen LogP contribution in [0, 0.1) is 0 Å². The number of hydrogen-bond acceptors (Lipinski definition) is 3. The van der Waals surface area contributed by atoms with Crippen LogP contribution in [0.15, 0.2) is 23.2 Å². The van der Waals surface area contributed by atoms with Crippen LogP contribution >= 0.6 is 0 Å². The number of phenolic OH excluding ortho intramolecular Hbond substituents is 1. The van der Waals surface area contributed by atoms with Crippen molar-refractivity contribution in [1.29, 1.82) is 0 Å². The van der Waals surface area contributed by atoms with Gasteiger partial charge in [0.1, 0.15) is 11.6 Å². The van der Waals surface area contributed by atoms with Crippen LogP contribution in [0.4, 0.5) is 0 Å². The molecule has 1 rings (SSSR count). The van der Waals surface area contributed by atoms with Gasteiger partial charge in [-0.2, -0.15) is 4.99 Å². The van der Waals surface area contributed by atoms with Gasteiger partial charge in [0.25, 0.3) is 0 Å². The van der Waals surface area contributed by atoms with Gasteiger partial charge in [0.05, 0.1) is 11.1 Å². The number of aromatic hydroxyl groups is 1. The van der Waals surface area contributed by atoms with Crippen LogP contribution in [0.25, 0.3) is 0 Å². The second-order valence-corrected chi connectivity index (χ2v) is 3.28. The first-order chi connectivity index (χ1) is 7.95. The van der Waals surface area contributed by atoms with E-state index in [4.69, 9.17) is 10.8 Å². The van der Waals surface area contributed by atoms with Gasteiger partial charge < -0.3 is 15.9 Å². The molecule has 90 valence electrons. The molecule has 0 radical (unpaired) electrons. The second-order valence-electron chi connectivity index (χ2n) is 3.28. The first-order valence-electron chi connectivity index (χ1n) is 4.89. The smallest absolute Gasteiger partial charge is 0.335 e. The van der Waals surface area contributed by atoms with Gasteiger partial charge in [0.15, 0.2) is 0 Å². The monoisotopic (exact) mass is 236 g/mol. The van der Waals surface area contributed by atoms with E-state index < -0.39 is 11.9 Å². The van der Waals surface area contributed by atoms with Crippen molar-refractivity contribution in [2.45, 2.75) is 13.3 Å². The summed E-state index contributed by atoms with van der Waals surface area (Å²) in [6.07, 6.45) is 0.181. The number of carboxylic acid groups (broad SMARTS) is 1. The SMILES string of the molecule is CCC(=O)N=C(N)c1cc(C(=O)O)ccc1O. The van der Waals surface area contributed by atoms with E-state index in [1.54, 1.807) is 6.92 Å². The minimum absolute atomic E-state index is 0.0340. The maximum absolute atomic E-state index is 11.1. The van der Waals surface area contributed by atoms with Crippen molar-refractivity contribution < 1.29 is 19.8 Å². The fourth-order valence-electron chi connectivity index (χ4n) is 1.15. The molecule has 0 aliphatic rings. The zero-order valence-corrected chi connectivity index (χ0v) is 9.17. The van der Waals surface area contributed by atoms with Crippen molar-refractivity contribution in [1.82, 2.24) is 0 Å². The first-order valence-corrected chi connectivity index (χ1v) is 4.89. The van der Waals surface area contributed by atoms with Gasteiger partial charge in [-0.15, -0.1) is 0 Å². The third-order valence-electron chi connectivity index (χ3n) is 2.07. The van der Waals surface area contributed by atoms with Crippen LogP contribution in [0.5, 0.6) is 5.75 Å². The zero-order chi connectivity index (χ0) is 13.0. The molecule has 0 spiro atoms. The quantitative estimate of drug-likeness (QED) is 0.529. The van der Waals surface area contributed by atoms with E-state index in [0.717, 1.165) is 0 Å². The van der Waals surface area contributed by atoms with Crippen LogP contribution in [-0.2, 0) is 4.79 Å². The number of carboxylic acids is 1. The number of amidine groups is 1. The number of carbonyl (C=O) groups is 2. The average Bonchev–Trinajstić information content (AvgIpc) is 2.28. The van der Waals surface area contributed by atoms with Crippen molar-refractivity contribution >= 4 is 17.7 Å². The predicted octanol–water partition coefficient (Wildman–Crippen LogP) is 0.732. The molecule has 4 N–H and O–H groups in total. The lowest BCUT2D eigenvalue weighted by molar-refractivity contribution is -0.117. The largest absolute Gasteiger partial charge is 0.507 e. The standard InChI is InChI=1S/C11H12N2O4/c1-2-9(15)13-10(12)7-5-6(11(16)17)3-4-8(7)14/h3-5,14H,2H2,1H3,(H,16,17)(H2,12,13,15). The number of hydrogen-bond donors (Lipinski definition) is 3. The van der Waals surface area contributed by atoms with Crippen molar-refractivity contribution in [3.8, 4) is 5.75 Å². The van der Waals surface area contributed by atoms with Crippen LogP contribution in [0.3, 0.4) is 0 Å². The number of aromatic carboxylic acids is 1. The second kappa shape index (κ2) is 5.11. The number of benzene rings is 1. The average molecular weight is 236 g/mol. The van der Waals surface area contributed by atoms with E-state index in [0.29, 0.717) is 0 Å². The highest BCUT2D eigenvalue weighted by Crippen LogP contribution is 2.18. The summed E-state index contributed by atoms with van der Waals surface area (Å²) in [5, 5.41) is 18.3. The molecule has 0 heterocycles. The third-order valence-corrected chi connectivity index (χ3v) is 2.07. The van der Waals surface area contributed by atoms with E-state index in [2.05, 4.69) is 4.99 Å². The molecule has 0 bridgehead atoms. The van der Waals surface area contributed by atoms with Gasteiger partial charge >= 0.3 is 5.97 Å². The molecule has 0 saturated heterocycles. The lowest BCUT2D eigenvalue weighted by Gasteiger charge is -2.04.